The van der Waals surface area contributed by atoms with Gasteiger partial charge in [-0.15, -0.1) is 0 Å². The molecule has 0 bridgehead atoms. The highest BCUT2D eigenvalue weighted by atomic mass is 19.4. The fourth-order valence-electron chi connectivity index (χ4n) is 7.16. The molecule has 1 aliphatic rings. The molecule has 1 saturated heterocycles. The quantitative estimate of drug-likeness (QED) is 0.0731. The van der Waals surface area contributed by atoms with Crippen LogP contribution in [0.4, 0.5) is 22.0 Å². The molecule has 1 amide bonds. The number of aliphatic carboxylic acids is 2. The Bertz CT molecular complexity index is 2070. The number of aliphatic hydroxyl groups excluding tert-OH is 2. The van der Waals surface area contributed by atoms with Crippen molar-refractivity contribution in [3.8, 4) is 0 Å². The maximum atomic E-state index is 14.5. The second-order valence-electron chi connectivity index (χ2n) is 14.5. The lowest BCUT2D eigenvalue weighted by molar-refractivity contribution is -0.165. The lowest BCUT2D eigenvalue weighted by Gasteiger charge is -2.38. The largest absolute Gasteiger partial charge is 0.479 e. The minimum absolute atomic E-state index is 0.0175. The van der Waals surface area contributed by atoms with Crippen LogP contribution in [0.3, 0.4) is 0 Å². The molecular weight excluding hydrogens is 781 g/mol. The second kappa shape index (κ2) is 21.7. The van der Waals surface area contributed by atoms with Gasteiger partial charge in [0.05, 0.1) is 11.1 Å². The number of unbranched alkanes of at least 4 members (excludes halogenated alkanes) is 3. The molecule has 1 aliphatic heterocycles. The number of aromatic nitrogens is 1. The summed E-state index contributed by atoms with van der Waals surface area (Å²) in [5, 5.41) is 33.0. The number of hydrogen-bond acceptors (Lipinski definition) is 7. The molecular formula is C43H50F5N3O8. The number of pyridine rings is 1. The minimum Gasteiger partial charge on any atom is -0.479 e. The van der Waals surface area contributed by atoms with Gasteiger partial charge in [0.25, 0.3) is 0 Å². The fraction of sp³-hybridized carbons (Fsp3) is 0.442. The van der Waals surface area contributed by atoms with Gasteiger partial charge < -0.3 is 34.8 Å². The highest BCUT2D eigenvalue weighted by Gasteiger charge is 2.31. The van der Waals surface area contributed by atoms with Crippen LogP contribution >= 0.6 is 0 Å². The Kier molecular flexibility index (Phi) is 17.1. The first-order valence-electron chi connectivity index (χ1n) is 19.6. The van der Waals surface area contributed by atoms with Crippen molar-refractivity contribution in [1.29, 1.82) is 0 Å². The molecule has 11 nitrogen and oxygen atoms in total. The third-order valence-electron chi connectivity index (χ3n) is 10.5. The molecule has 4 aromatic rings. The number of para-hydroxylation sites is 1. The highest BCUT2D eigenvalue weighted by Crippen LogP contribution is 2.29. The number of carbonyl (C=O) groups is 3. The zero-order valence-corrected chi connectivity index (χ0v) is 32.7. The van der Waals surface area contributed by atoms with Gasteiger partial charge in [-0.2, -0.15) is 13.2 Å². The summed E-state index contributed by atoms with van der Waals surface area (Å²) in [5.41, 5.74) is 1.47. The van der Waals surface area contributed by atoms with Crippen molar-refractivity contribution in [2.75, 3.05) is 26.2 Å². The van der Waals surface area contributed by atoms with Gasteiger partial charge in [0.1, 0.15) is 6.54 Å². The van der Waals surface area contributed by atoms with Gasteiger partial charge in [-0.1, -0.05) is 56.2 Å². The first-order chi connectivity index (χ1) is 28.0. The molecule has 59 heavy (non-hydrogen) atoms. The molecule has 0 saturated carbocycles. The van der Waals surface area contributed by atoms with E-state index < -0.39 is 47.5 Å². The van der Waals surface area contributed by atoms with Crippen LogP contribution < -0.4 is 5.43 Å². The predicted molar refractivity (Wildman–Crippen MR) is 210 cm³/mol. The molecule has 320 valence electrons. The summed E-state index contributed by atoms with van der Waals surface area (Å²) >= 11 is 0. The van der Waals surface area contributed by atoms with Crippen LogP contribution in [0.5, 0.6) is 0 Å². The number of piperidine rings is 1. The van der Waals surface area contributed by atoms with Crippen molar-refractivity contribution in [2.24, 2.45) is 0 Å². The first-order valence-corrected chi connectivity index (χ1v) is 19.6. The van der Waals surface area contributed by atoms with E-state index in [0.717, 1.165) is 81.9 Å². The van der Waals surface area contributed by atoms with Crippen LogP contribution in [0.1, 0.15) is 67.8 Å². The number of aryl methyl sites for hydroxylation is 3. The van der Waals surface area contributed by atoms with Gasteiger partial charge in [-0.05, 0) is 92.9 Å². The Hall–Kier alpha value is -5.19. The first kappa shape index (κ1) is 46.5. The average Bonchev–Trinajstić information content (AvgIpc) is 3.21. The molecule has 0 aliphatic carbocycles. The number of amides is 1. The number of rotatable bonds is 17. The molecule has 2 atom stereocenters. The number of carboxylic acid groups (broad SMARTS) is 2. The molecule has 2 heterocycles. The van der Waals surface area contributed by atoms with E-state index in [-0.39, 0.29) is 42.3 Å². The molecule has 1 fully saturated rings. The molecule has 0 radical (unpaired) electrons. The summed E-state index contributed by atoms with van der Waals surface area (Å²) in [4.78, 5) is 51.2. The standard InChI is InChI=1S/C39H44F5N3O2.C4H6O6/c1-2-45-24-21-31(22-25-45)46(23-8-4-3-5-10-28-15-18-30(19-16-28)39(42,43)44)37(49)27-47-32(20-17-29-11-9-13-34(40)38(29)41)26-36(48)33-12-6-7-14-35(33)47;5-1(3(7)8)2(6)4(9)10/h6-7,9,11-16,18-19,26,31H,2-5,8,10,17,20-25,27H2,1H3;1-2,5-6H,(H,7,8)(H,9,10). The predicted octanol–water partition coefficient (Wildman–Crippen LogP) is 6.08. The number of carboxylic acids is 2. The summed E-state index contributed by atoms with van der Waals surface area (Å²) in [6, 6.07) is 18.1. The van der Waals surface area contributed by atoms with Crippen molar-refractivity contribution in [3.05, 3.63) is 117 Å². The Labute approximate surface area is 338 Å². The average molecular weight is 832 g/mol. The van der Waals surface area contributed by atoms with E-state index in [1.807, 2.05) is 21.6 Å². The van der Waals surface area contributed by atoms with Gasteiger partial charge in [0.15, 0.2) is 29.3 Å². The smallest absolute Gasteiger partial charge is 0.416 e. The molecule has 0 spiro atoms. The number of nitrogens with zero attached hydrogens (tertiary/aromatic N) is 3. The van der Waals surface area contributed by atoms with E-state index in [1.165, 1.54) is 30.3 Å². The Morgan fingerprint density at radius 3 is 2.05 bits per heavy atom. The third-order valence-corrected chi connectivity index (χ3v) is 10.5. The lowest BCUT2D eigenvalue weighted by Crippen LogP contribution is -2.48. The van der Waals surface area contributed by atoms with Gasteiger partial charge in [-0.3, -0.25) is 9.59 Å². The van der Waals surface area contributed by atoms with E-state index in [1.54, 1.807) is 12.1 Å². The number of carbonyl (C=O) groups excluding carboxylic acids is 1. The molecule has 5 rings (SSSR count). The summed E-state index contributed by atoms with van der Waals surface area (Å²) in [7, 11) is 0. The van der Waals surface area contributed by atoms with Crippen LogP contribution in [-0.2, 0) is 46.4 Å². The number of likely N-dealkylation sites (tertiary alicyclic amines) is 1. The maximum absolute atomic E-state index is 14.5. The van der Waals surface area contributed by atoms with Crippen LogP contribution in [0.25, 0.3) is 10.9 Å². The van der Waals surface area contributed by atoms with Crippen molar-refractivity contribution >= 4 is 28.7 Å². The number of alkyl halides is 3. The third kappa shape index (κ3) is 13.2. The van der Waals surface area contributed by atoms with E-state index in [4.69, 9.17) is 20.4 Å². The van der Waals surface area contributed by atoms with Crippen molar-refractivity contribution in [1.82, 2.24) is 14.4 Å². The number of halogens is 5. The molecule has 16 heteroatoms. The second-order valence-corrected chi connectivity index (χ2v) is 14.5. The van der Waals surface area contributed by atoms with Crippen molar-refractivity contribution < 1.29 is 56.8 Å². The summed E-state index contributed by atoms with van der Waals surface area (Å²) < 4.78 is 68.9. The van der Waals surface area contributed by atoms with E-state index in [9.17, 15) is 41.1 Å². The highest BCUT2D eigenvalue weighted by molar-refractivity contribution is 5.83. The van der Waals surface area contributed by atoms with Crippen molar-refractivity contribution in [2.45, 2.75) is 95.7 Å². The van der Waals surface area contributed by atoms with Gasteiger partial charge in [0.2, 0.25) is 5.91 Å². The number of aliphatic hydroxyl groups is 2. The zero-order chi connectivity index (χ0) is 43.3. The molecule has 1 aromatic heterocycles. The van der Waals surface area contributed by atoms with E-state index in [2.05, 4.69) is 11.8 Å². The van der Waals surface area contributed by atoms with Crippen LogP contribution in [0.2, 0.25) is 0 Å². The SMILES string of the molecule is CCN1CCC(N(CCCCCCc2ccc(C(F)(F)F)cc2)C(=O)Cn2c(CCc3cccc(F)c3F)cc(=O)c3ccccc32)CC1.O=C(O)C(O)C(O)C(=O)O. The molecule has 4 N–H and O–H groups in total. The summed E-state index contributed by atoms with van der Waals surface area (Å²) in [6.07, 6.45) is -2.63. The van der Waals surface area contributed by atoms with Crippen LogP contribution in [-0.4, -0.2) is 97.1 Å². The Balaban J connectivity index is 0.000000680. The molecule has 3 aromatic carbocycles. The summed E-state index contributed by atoms with van der Waals surface area (Å²) in [5.74, 6) is -5.42. The number of fused-ring (bicyclic) bond motifs is 1. The Morgan fingerprint density at radius 1 is 0.814 bits per heavy atom. The topological polar surface area (TPSA) is 161 Å². The van der Waals surface area contributed by atoms with Crippen LogP contribution in [0, 0.1) is 11.6 Å². The zero-order valence-electron chi connectivity index (χ0n) is 32.7. The maximum Gasteiger partial charge on any atom is 0.416 e. The normalized spacial score (nSPS) is 14.6. The lowest BCUT2D eigenvalue weighted by atomic mass is 10.0. The monoisotopic (exact) mass is 831 g/mol. The van der Waals surface area contributed by atoms with Gasteiger partial charge in [-0.25, -0.2) is 18.4 Å². The fourth-order valence-corrected chi connectivity index (χ4v) is 7.16. The molecule has 2 unspecified atom stereocenters. The van der Waals surface area contributed by atoms with Crippen LogP contribution in [0.15, 0.2) is 77.6 Å². The summed E-state index contributed by atoms with van der Waals surface area (Å²) in [6.45, 7) is 5.50. The number of hydrogen-bond donors (Lipinski definition) is 4. The Morgan fingerprint density at radius 2 is 1.44 bits per heavy atom. The van der Waals surface area contributed by atoms with Gasteiger partial charge >= 0.3 is 18.1 Å². The van der Waals surface area contributed by atoms with E-state index >= 15 is 0 Å². The van der Waals surface area contributed by atoms with Gasteiger partial charge in [0, 0.05) is 42.8 Å². The van der Waals surface area contributed by atoms with Crippen molar-refractivity contribution in [3.63, 3.8) is 0 Å². The number of benzene rings is 3. The minimum atomic E-state index is -4.34. The van der Waals surface area contributed by atoms with E-state index in [0.29, 0.717) is 29.6 Å².